The summed E-state index contributed by atoms with van der Waals surface area (Å²) < 4.78 is 5.89. The molecule has 2 aromatic rings. The van der Waals surface area contributed by atoms with Crippen molar-refractivity contribution in [2.24, 2.45) is 5.16 Å². The predicted molar refractivity (Wildman–Crippen MR) is 91.0 cm³/mol. The summed E-state index contributed by atoms with van der Waals surface area (Å²) in [6, 6.07) is 20.2. The smallest absolute Gasteiger partial charge is 0.0952 e. The Labute approximate surface area is 137 Å². The van der Waals surface area contributed by atoms with Crippen LogP contribution >= 0.6 is 0 Å². The highest BCUT2D eigenvalue weighted by atomic mass is 16.5. The van der Waals surface area contributed by atoms with Gasteiger partial charge in [0.25, 0.3) is 0 Å². The summed E-state index contributed by atoms with van der Waals surface area (Å²) in [7, 11) is 0. The van der Waals surface area contributed by atoms with E-state index in [9.17, 15) is 5.21 Å². The standard InChI is InChI=1S/C19H22N2O2/c22-20-18(16-7-3-1-4-8-16)11-12-21-13-14-23-19(15-21)17-9-5-2-6-10-17/h1-10,19,22H,11-15H2/b20-18-. The van der Waals surface area contributed by atoms with Gasteiger partial charge < -0.3 is 9.94 Å². The topological polar surface area (TPSA) is 45.1 Å². The minimum absolute atomic E-state index is 0.121. The van der Waals surface area contributed by atoms with Crippen LogP contribution in [0.3, 0.4) is 0 Å². The molecule has 1 saturated heterocycles. The van der Waals surface area contributed by atoms with E-state index in [-0.39, 0.29) is 6.10 Å². The molecule has 0 aromatic heterocycles. The Kier molecular flexibility index (Phi) is 5.40. The minimum atomic E-state index is 0.121. The zero-order valence-corrected chi connectivity index (χ0v) is 13.1. The van der Waals surface area contributed by atoms with Crippen molar-refractivity contribution < 1.29 is 9.94 Å². The first kappa shape index (κ1) is 15.7. The van der Waals surface area contributed by atoms with Crippen LogP contribution in [-0.4, -0.2) is 42.1 Å². The molecule has 120 valence electrons. The second kappa shape index (κ2) is 7.90. The molecule has 1 aliphatic heterocycles. The molecule has 1 fully saturated rings. The van der Waals surface area contributed by atoms with Crippen molar-refractivity contribution in [2.75, 3.05) is 26.2 Å². The lowest BCUT2D eigenvalue weighted by atomic mass is 10.1. The van der Waals surface area contributed by atoms with Crippen molar-refractivity contribution in [3.63, 3.8) is 0 Å². The molecule has 0 aliphatic carbocycles. The second-order valence-corrected chi connectivity index (χ2v) is 5.73. The number of oxime groups is 1. The Balaban J connectivity index is 1.58. The Bertz CT molecular complexity index is 628. The highest BCUT2D eigenvalue weighted by Crippen LogP contribution is 2.22. The Morgan fingerprint density at radius 3 is 2.48 bits per heavy atom. The molecular formula is C19H22N2O2. The highest BCUT2D eigenvalue weighted by molar-refractivity contribution is 6.00. The van der Waals surface area contributed by atoms with E-state index < -0.39 is 0 Å². The third kappa shape index (κ3) is 4.18. The summed E-state index contributed by atoms with van der Waals surface area (Å²) in [6.07, 6.45) is 0.846. The van der Waals surface area contributed by atoms with Crippen LogP contribution in [0.1, 0.15) is 23.7 Å². The van der Waals surface area contributed by atoms with Gasteiger partial charge in [0.1, 0.15) is 0 Å². The molecule has 0 amide bonds. The third-order valence-electron chi connectivity index (χ3n) is 4.21. The molecule has 3 rings (SSSR count). The van der Waals surface area contributed by atoms with Crippen LogP contribution < -0.4 is 0 Å². The van der Waals surface area contributed by atoms with Gasteiger partial charge in [0.15, 0.2) is 0 Å². The lowest BCUT2D eigenvalue weighted by Gasteiger charge is -2.33. The number of nitrogens with zero attached hydrogens (tertiary/aromatic N) is 2. The summed E-state index contributed by atoms with van der Waals surface area (Å²) in [5.74, 6) is 0. The number of rotatable bonds is 5. The molecule has 1 unspecified atom stereocenters. The fourth-order valence-electron chi connectivity index (χ4n) is 2.92. The van der Waals surface area contributed by atoms with E-state index in [1.54, 1.807) is 0 Å². The van der Waals surface area contributed by atoms with E-state index in [0.717, 1.165) is 43.9 Å². The monoisotopic (exact) mass is 310 g/mol. The van der Waals surface area contributed by atoms with Gasteiger partial charge in [0.2, 0.25) is 0 Å². The van der Waals surface area contributed by atoms with E-state index in [4.69, 9.17) is 4.74 Å². The molecule has 0 radical (unpaired) electrons. The lowest BCUT2D eigenvalue weighted by Crippen LogP contribution is -2.39. The maximum Gasteiger partial charge on any atom is 0.0952 e. The molecule has 1 heterocycles. The van der Waals surface area contributed by atoms with Crippen molar-refractivity contribution in [1.82, 2.24) is 4.90 Å². The maximum absolute atomic E-state index is 9.28. The van der Waals surface area contributed by atoms with Crippen molar-refractivity contribution in [1.29, 1.82) is 0 Å². The van der Waals surface area contributed by atoms with Crippen molar-refractivity contribution >= 4 is 5.71 Å². The van der Waals surface area contributed by atoms with Gasteiger partial charge in [0.05, 0.1) is 18.4 Å². The Morgan fingerprint density at radius 1 is 1.09 bits per heavy atom. The van der Waals surface area contributed by atoms with Crippen LogP contribution in [0, 0.1) is 0 Å². The number of hydrogen-bond donors (Lipinski definition) is 1. The largest absolute Gasteiger partial charge is 0.411 e. The summed E-state index contributed by atoms with van der Waals surface area (Å²) in [5, 5.41) is 12.8. The summed E-state index contributed by atoms with van der Waals surface area (Å²) in [6.45, 7) is 3.38. The third-order valence-corrected chi connectivity index (χ3v) is 4.21. The molecule has 0 spiro atoms. The predicted octanol–water partition coefficient (Wildman–Crippen LogP) is 3.33. The highest BCUT2D eigenvalue weighted by Gasteiger charge is 2.22. The number of morpholine rings is 1. The molecule has 1 N–H and O–H groups in total. The van der Waals surface area contributed by atoms with Crippen LogP contribution in [0.25, 0.3) is 0 Å². The summed E-state index contributed by atoms with van der Waals surface area (Å²) in [4.78, 5) is 2.37. The van der Waals surface area contributed by atoms with E-state index in [0.29, 0.717) is 0 Å². The van der Waals surface area contributed by atoms with Crippen molar-refractivity contribution in [2.45, 2.75) is 12.5 Å². The SMILES string of the molecule is O/N=C(/CCN1CCOC(c2ccccc2)C1)c1ccccc1. The van der Waals surface area contributed by atoms with Crippen LogP contribution in [-0.2, 0) is 4.74 Å². The molecule has 1 atom stereocenters. The average molecular weight is 310 g/mol. The zero-order valence-electron chi connectivity index (χ0n) is 13.1. The maximum atomic E-state index is 9.28. The normalized spacial score (nSPS) is 19.7. The van der Waals surface area contributed by atoms with Gasteiger partial charge in [-0.1, -0.05) is 65.8 Å². The van der Waals surface area contributed by atoms with Crippen molar-refractivity contribution in [3.05, 3.63) is 71.8 Å². The van der Waals surface area contributed by atoms with E-state index >= 15 is 0 Å². The zero-order chi connectivity index (χ0) is 15.9. The van der Waals surface area contributed by atoms with Crippen LogP contribution in [0.2, 0.25) is 0 Å². The second-order valence-electron chi connectivity index (χ2n) is 5.73. The Morgan fingerprint density at radius 2 is 1.78 bits per heavy atom. The van der Waals surface area contributed by atoms with Gasteiger partial charge in [-0.3, -0.25) is 4.90 Å². The number of benzene rings is 2. The van der Waals surface area contributed by atoms with Gasteiger partial charge >= 0.3 is 0 Å². The van der Waals surface area contributed by atoms with Crippen LogP contribution in [0.15, 0.2) is 65.8 Å². The first-order valence-electron chi connectivity index (χ1n) is 8.02. The molecule has 4 nitrogen and oxygen atoms in total. The van der Waals surface area contributed by atoms with Gasteiger partial charge in [-0.05, 0) is 11.1 Å². The average Bonchev–Trinajstić information content (AvgIpc) is 2.64. The van der Waals surface area contributed by atoms with Gasteiger partial charge in [-0.2, -0.15) is 0 Å². The molecular weight excluding hydrogens is 288 g/mol. The molecule has 2 aromatic carbocycles. The molecule has 1 aliphatic rings. The summed E-state index contributed by atoms with van der Waals surface area (Å²) in [5.41, 5.74) is 2.92. The molecule has 4 heteroatoms. The first-order valence-corrected chi connectivity index (χ1v) is 8.02. The summed E-state index contributed by atoms with van der Waals surface area (Å²) >= 11 is 0. The number of ether oxygens (including phenoxy) is 1. The molecule has 23 heavy (non-hydrogen) atoms. The Hall–Kier alpha value is -2.17. The first-order chi connectivity index (χ1) is 11.4. The quantitative estimate of drug-likeness (QED) is 0.523. The van der Waals surface area contributed by atoms with E-state index in [2.05, 4.69) is 22.2 Å². The van der Waals surface area contributed by atoms with Gasteiger partial charge in [-0.15, -0.1) is 0 Å². The van der Waals surface area contributed by atoms with Crippen molar-refractivity contribution in [3.8, 4) is 0 Å². The van der Waals surface area contributed by atoms with Gasteiger partial charge in [0, 0.05) is 26.1 Å². The molecule has 0 bridgehead atoms. The van der Waals surface area contributed by atoms with Crippen LogP contribution in [0.5, 0.6) is 0 Å². The lowest BCUT2D eigenvalue weighted by molar-refractivity contribution is -0.0290. The van der Waals surface area contributed by atoms with Crippen LogP contribution in [0.4, 0.5) is 0 Å². The fourth-order valence-corrected chi connectivity index (χ4v) is 2.92. The van der Waals surface area contributed by atoms with E-state index in [1.165, 1.54) is 5.56 Å². The fraction of sp³-hybridized carbons (Fsp3) is 0.316. The number of hydrogen-bond acceptors (Lipinski definition) is 4. The molecule has 0 saturated carbocycles. The van der Waals surface area contributed by atoms with Gasteiger partial charge in [-0.25, -0.2) is 0 Å². The minimum Gasteiger partial charge on any atom is -0.411 e. The van der Waals surface area contributed by atoms with E-state index in [1.807, 2.05) is 48.5 Å².